The van der Waals surface area contributed by atoms with Crippen molar-refractivity contribution in [3.8, 4) is 0 Å². The van der Waals surface area contributed by atoms with Crippen LogP contribution in [0.25, 0.3) is 0 Å². The summed E-state index contributed by atoms with van der Waals surface area (Å²) in [6, 6.07) is 6.94. The van der Waals surface area contributed by atoms with Crippen LogP contribution in [0.3, 0.4) is 0 Å². The van der Waals surface area contributed by atoms with Crippen LogP contribution in [0.2, 0.25) is 5.02 Å². The number of halogens is 1. The molecule has 0 aliphatic heterocycles. The second kappa shape index (κ2) is 5.14. The molecule has 1 amide bonds. The monoisotopic (exact) mass is 227 g/mol. The molecule has 1 unspecified atom stereocenters. The van der Waals surface area contributed by atoms with Crippen molar-refractivity contribution in [1.82, 2.24) is 0 Å². The molecule has 0 radical (unpaired) electrons. The van der Waals surface area contributed by atoms with Crippen LogP contribution < -0.4 is 5.73 Å². The molecule has 0 aliphatic carbocycles. The van der Waals surface area contributed by atoms with Gasteiger partial charge < -0.3 is 10.8 Å². The van der Waals surface area contributed by atoms with Gasteiger partial charge in [-0.2, -0.15) is 0 Å². The van der Waals surface area contributed by atoms with Gasteiger partial charge in [0.2, 0.25) is 5.91 Å². The first-order chi connectivity index (χ1) is 7.00. The summed E-state index contributed by atoms with van der Waals surface area (Å²) in [5.74, 6) is -0.755. The van der Waals surface area contributed by atoms with Crippen LogP contribution in [-0.4, -0.2) is 11.0 Å². The van der Waals surface area contributed by atoms with E-state index in [1.54, 1.807) is 31.2 Å². The summed E-state index contributed by atoms with van der Waals surface area (Å²) in [5.41, 5.74) is 5.82. The zero-order valence-electron chi connectivity index (χ0n) is 8.48. The molecular formula is C11H14ClNO2. The average molecular weight is 228 g/mol. The molecule has 4 heteroatoms. The van der Waals surface area contributed by atoms with Crippen LogP contribution in [0.5, 0.6) is 0 Å². The largest absolute Gasteiger partial charge is 0.388 e. The van der Waals surface area contributed by atoms with Crippen molar-refractivity contribution in [2.45, 2.75) is 19.4 Å². The summed E-state index contributed by atoms with van der Waals surface area (Å²) >= 11 is 5.79. The minimum atomic E-state index is -0.703. The third-order valence-corrected chi connectivity index (χ3v) is 2.53. The van der Waals surface area contributed by atoms with Crippen LogP contribution in [0.4, 0.5) is 0 Å². The number of carbonyl (C=O) groups excluding carboxylic acids is 1. The molecule has 3 N–H and O–H groups in total. The highest BCUT2D eigenvalue weighted by Gasteiger charge is 2.16. The van der Waals surface area contributed by atoms with Gasteiger partial charge in [-0.15, -0.1) is 0 Å². The molecule has 1 aromatic carbocycles. The van der Waals surface area contributed by atoms with E-state index >= 15 is 0 Å². The number of hydrogen-bond acceptors (Lipinski definition) is 2. The van der Waals surface area contributed by atoms with Gasteiger partial charge in [0, 0.05) is 10.9 Å². The van der Waals surface area contributed by atoms with Crippen LogP contribution >= 0.6 is 11.6 Å². The summed E-state index contributed by atoms with van der Waals surface area (Å²) in [6.45, 7) is 1.69. The molecule has 0 bridgehead atoms. The molecule has 0 fully saturated rings. The Morgan fingerprint density at radius 3 is 2.80 bits per heavy atom. The molecule has 0 saturated carbocycles. The van der Waals surface area contributed by atoms with Gasteiger partial charge in [-0.1, -0.05) is 30.7 Å². The van der Waals surface area contributed by atoms with Gasteiger partial charge in [0.25, 0.3) is 0 Å². The van der Waals surface area contributed by atoms with Crippen molar-refractivity contribution < 1.29 is 9.90 Å². The maximum absolute atomic E-state index is 10.8. The molecule has 2 atom stereocenters. The lowest BCUT2D eigenvalue weighted by molar-refractivity contribution is -0.122. The Morgan fingerprint density at radius 2 is 2.27 bits per heavy atom. The van der Waals surface area contributed by atoms with Gasteiger partial charge in [0.1, 0.15) is 0 Å². The highest BCUT2D eigenvalue weighted by Crippen LogP contribution is 2.23. The lowest BCUT2D eigenvalue weighted by Gasteiger charge is -2.14. The standard InChI is InChI=1S/C11H14ClNO2/c1-7(11(13)15)5-10(14)8-3-2-4-9(12)6-8/h2-4,6-7,10,14H,5H2,1H3,(H2,13,15)/t7?,10-/m0/s1. The maximum atomic E-state index is 10.8. The first-order valence-electron chi connectivity index (χ1n) is 4.73. The Morgan fingerprint density at radius 1 is 1.60 bits per heavy atom. The normalized spacial score (nSPS) is 14.6. The fourth-order valence-electron chi connectivity index (χ4n) is 1.30. The summed E-state index contributed by atoms with van der Waals surface area (Å²) in [7, 11) is 0. The number of rotatable bonds is 4. The Balaban J connectivity index is 2.68. The molecule has 0 spiro atoms. The molecule has 82 valence electrons. The highest BCUT2D eigenvalue weighted by molar-refractivity contribution is 6.30. The molecule has 15 heavy (non-hydrogen) atoms. The van der Waals surface area contributed by atoms with E-state index in [4.69, 9.17) is 17.3 Å². The molecule has 1 rings (SSSR count). The molecule has 1 aromatic rings. The van der Waals surface area contributed by atoms with E-state index in [0.29, 0.717) is 17.0 Å². The molecule has 3 nitrogen and oxygen atoms in total. The molecule has 0 heterocycles. The first-order valence-corrected chi connectivity index (χ1v) is 5.11. The Bertz CT molecular complexity index is 354. The number of hydrogen-bond donors (Lipinski definition) is 2. The predicted molar refractivity (Wildman–Crippen MR) is 59.4 cm³/mol. The fourth-order valence-corrected chi connectivity index (χ4v) is 1.50. The van der Waals surface area contributed by atoms with E-state index < -0.39 is 12.0 Å². The zero-order chi connectivity index (χ0) is 11.4. The van der Waals surface area contributed by atoms with Crippen molar-refractivity contribution >= 4 is 17.5 Å². The van der Waals surface area contributed by atoms with Gasteiger partial charge in [-0.05, 0) is 24.1 Å². The number of primary amides is 1. The van der Waals surface area contributed by atoms with Gasteiger partial charge in [-0.3, -0.25) is 4.79 Å². The van der Waals surface area contributed by atoms with Crippen LogP contribution in [0.15, 0.2) is 24.3 Å². The molecule has 0 aliphatic rings. The lowest BCUT2D eigenvalue weighted by atomic mass is 9.98. The first kappa shape index (κ1) is 12.0. The summed E-state index contributed by atoms with van der Waals surface area (Å²) < 4.78 is 0. The summed E-state index contributed by atoms with van der Waals surface area (Å²) in [5, 5.41) is 10.4. The number of benzene rings is 1. The minimum Gasteiger partial charge on any atom is -0.388 e. The second-order valence-corrected chi connectivity index (χ2v) is 4.05. The van der Waals surface area contributed by atoms with Crippen molar-refractivity contribution in [3.05, 3.63) is 34.9 Å². The van der Waals surface area contributed by atoms with Gasteiger partial charge >= 0.3 is 0 Å². The maximum Gasteiger partial charge on any atom is 0.220 e. The minimum absolute atomic E-state index is 0.315. The number of carbonyl (C=O) groups is 1. The van der Waals surface area contributed by atoms with Crippen molar-refractivity contribution in [2.75, 3.05) is 0 Å². The fraction of sp³-hybridized carbons (Fsp3) is 0.364. The molecule has 0 aromatic heterocycles. The highest BCUT2D eigenvalue weighted by atomic mass is 35.5. The number of amides is 1. The van der Waals surface area contributed by atoms with Crippen molar-refractivity contribution in [3.63, 3.8) is 0 Å². The third kappa shape index (κ3) is 3.53. The van der Waals surface area contributed by atoms with Crippen LogP contribution in [0, 0.1) is 5.92 Å². The van der Waals surface area contributed by atoms with Gasteiger partial charge in [-0.25, -0.2) is 0 Å². The Hall–Kier alpha value is -1.06. The number of aliphatic hydroxyl groups is 1. The van der Waals surface area contributed by atoms with E-state index in [1.807, 2.05) is 0 Å². The second-order valence-electron chi connectivity index (χ2n) is 3.61. The molecular weight excluding hydrogens is 214 g/mol. The van der Waals surface area contributed by atoms with E-state index in [-0.39, 0.29) is 5.92 Å². The topological polar surface area (TPSA) is 63.3 Å². The van der Waals surface area contributed by atoms with Crippen LogP contribution in [0.1, 0.15) is 25.0 Å². The summed E-state index contributed by atoms with van der Waals surface area (Å²) in [4.78, 5) is 10.8. The molecule has 0 saturated heterocycles. The van der Waals surface area contributed by atoms with Gasteiger partial charge in [0.15, 0.2) is 0 Å². The van der Waals surface area contributed by atoms with Crippen molar-refractivity contribution in [2.24, 2.45) is 11.7 Å². The number of aliphatic hydroxyl groups excluding tert-OH is 1. The summed E-state index contributed by atoms with van der Waals surface area (Å²) in [6.07, 6.45) is -0.387. The van der Waals surface area contributed by atoms with E-state index in [2.05, 4.69) is 0 Å². The van der Waals surface area contributed by atoms with Gasteiger partial charge in [0.05, 0.1) is 6.10 Å². The van der Waals surface area contributed by atoms with E-state index in [9.17, 15) is 9.90 Å². The number of nitrogens with two attached hydrogens (primary N) is 1. The SMILES string of the molecule is CC(C[C@H](O)c1cccc(Cl)c1)C(N)=O. The quantitative estimate of drug-likeness (QED) is 0.825. The lowest BCUT2D eigenvalue weighted by Crippen LogP contribution is -2.22. The average Bonchev–Trinajstić information content (AvgIpc) is 2.17. The predicted octanol–water partition coefficient (Wildman–Crippen LogP) is 1.88. The van der Waals surface area contributed by atoms with Crippen LogP contribution in [-0.2, 0) is 4.79 Å². The smallest absolute Gasteiger partial charge is 0.220 e. The van der Waals surface area contributed by atoms with E-state index in [1.165, 1.54) is 0 Å². The Labute approximate surface area is 93.9 Å². The Kier molecular flexibility index (Phi) is 4.12. The van der Waals surface area contributed by atoms with E-state index in [0.717, 1.165) is 0 Å². The van der Waals surface area contributed by atoms with Crippen molar-refractivity contribution in [1.29, 1.82) is 0 Å². The third-order valence-electron chi connectivity index (χ3n) is 2.30. The zero-order valence-corrected chi connectivity index (χ0v) is 9.24.